The quantitative estimate of drug-likeness (QED) is 0.495. The molecular formula is C23H35N5. The van der Waals surface area contributed by atoms with E-state index in [0.717, 1.165) is 34.8 Å². The molecule has 0 aliphatic carbocycles. The number of fused-ring (bicyclic) bond motifs is 3. The highest BCUT2D eigenvalue weighted by atomic mass is 15.3. The number of anilines is 1. The first-order valence-corrected chi connectivity index (χ1v) is 10.6. The van der Waals surface area contributed by atoms with Gasteiger partial charge >= 0.3 is 0 Å². The molecule has 0 unspecified atom stereocenters. The molecule has 152 valence electrons. The number of pyridine rings is 1. The molecule has 1 aromatic carbocycles. The van der Waals surface area contributed by atoms with Gasteiger partial charge in [0.15, 0.2) is 5.82 Å². The van der Waals surface area contributed by atoms with Crippen molar-refractivity contribution in [3.05, 3.63) is 30.0 Å². The molecule has 28 heavy (non-hydrogen) atoms. The van der Waals surface area contributed by atoms with Gasteiger partial charge in [0.25, 0.3) is 0 Å². The van der Waals surface area contributed by atoms with E-state index in [9.17, 15) is 0 Å². The summed E-state index contributed by atoms with van der Waals surface area (Å²) in [5.41, 5.74) is 9.75. The predicted octanol–water partition coefficient (Wildman–Crippen LogP) is 5.27. The third kappa shape index (κ3) is 5.22. The number of rotatable bonds is 9. The van der Waals surface area contributed by atoms with Crippen LogP contribution in [0, 0.1) is 5.41 Å². The molecule has 0 fully saturated rings. The Balaban J connectivity index is 1.67. The summed E-state index contributed by atoms with van der Waals surface area (Å²) in [6.07, 6.45) is 9.64. The number of aryl methyl sites for hydroxylation is 1. The van der Waals surface area contributed by atoms with E-state index in [1.54, 1.807) is 0 Å². The lowest BCUT2D eigenvalue weighted by Gasteiger charge is -2.17. The van der Waals surface area contributed by atoms with Gasteiger partial charge in [0.2, 0.25) is 0 Å². The second kappa shape index (κ2) is 8.91. The van der Waals surface area contributed by atoms with Gasteiger partial charge in [0.05, 0.1) is 12.2 Å². The molecule has 3 aromatic rings. The van der Waals surface area contributed by atoms with Gasteiger partial charge < -0.3 is 5.73 Å². The molecule has 2 aromatic heterocycles. The maximum Gasteiger partial charge on any atom is 0.152 e. The first-order valence-electron chi connectivity index (χ1n) is 10.6. The number of nitrogens with one attached hydrogen (secondary N) is 1. The molecule has 0 bridgehead atoms. The van der Waals surface area contributed by atoms with Crippen LogP contribution in [-0.2, 0) is 13.1 Å². The lowest BCUT2D eigenvalue weighted by Crippen LogP contribution is -2.17. The molecule has 0 saturated heterocycles. The first kappa shape index (κ1) is 20.6. The minimum absolute atomic E-state index is 0.454. The predicted molar refractivity (Wildman–Crippen MR) is 119 cm³/mol. The minimum Gasteiger partial charge on any atom is -0.382 e. The number of hydrogen-bond donors (Lipinski definition) is 2. The molecule has 0 aliphatic rings. The van der Waals surface area contributed by atoms with Crippen LogP contribution in [0.15, 0.2) is 24.4 Å². The average molecular weight is 382 g/mol. The molecule has 0 radical (unpaired) electrons. The molecule has 0 saturated carbocycles. The molecule has 0 aliphatic heterocycles. The van der Waals surface area contributed by atoms with Crippen molar-refractivity contribution in [2.24, 2.45) is 5.41 Å². The summed E-state index contributed by atoms with van der Waals surface area (Å²) in [6, 6.07) is 6.61. The Morgan fingerprint density at radius 1 is 1.07 bits per heavy atom. The van der Waals surface area contributed by atoms with Gasteiger partial charge in [-0.05, 0) is 42.9 Å². The summed E-state index contributed by atoms with van der Waals surface area (Å²) < 4.78 is 1.90. The highest BCUT2D eigenvalue weighted by molar-refractivity contribution is 6.07. The standard InChI is InChI=1S/C23H35N5/c1-5-25-16-28-15-19-18-12-11-17(10-8-6-7-9-13-23(2,3)4)14-20(18)26-22(24)21(19)27-28/h11-12,14-15,25H,5-10,13,16H2,1-4H3,(H2,24,26). The fourth-order valence-electron chi connectivity index (χ4n) is 3.69. The maximum absolute atomic E-state index is 6.20. The largest absolute Gasteiger partial charge is 0.382 e. The maximum atomic E-state index is 6.20. The monoisotopic (exact) mass is 381 g/mol. The SMILES string of the molecule is CCNCn1cc2c(n1)c(N)nc1cc(CCCCCCC(C)(C)C)ccc12. The molecule has 3 N–H and O–H groups in total. The molecule has 3 rings (SSSR count). The van der Waals surface area contributed by atoms with Crippen molar-refractivity contribution in [3.63, 3.8) is 0 Å². The van der Waals surface area contributed by atoms with E-state index < -0.39 is 0 Å². The van der Waals surface area contributed by atoms with Crippen LogP contribution in [0.5, 0.6) is 0 Å². The second-order valence-corrected chi connectivity index (χ2v) is 9.02. The van der Waals surface area contributed by atoms with Gasteiger partial charge in [-0.25, -0.2) is 4.98 Å². The van der Waals surface area contributed by atoms with Crippen molar-refractivity contribution in [1.29, 1.82) is 0 Å². The third-order valence-electron chi connectivity index (χ3n) is 5.26. The number of nitrogens with zero attached hydrogens (tertiary/aromatic N) is 3. The molecular weight excluding hydrogens is 346 g/mol. The Labute approximate surface area is 168 Å². The van der Waals surface area contributed by atoms with Crippen molar-refractivity contribution in [2.45, 2.75) is 72.9 Å². The number of aromatic nitrogens is 3. The topological polar surface area (TPSA) is 68.8 Å². The number of benzene rings is 1. The van der Waals surface area contributed by atoms with Crippen molar-refractivity contribution in [2.75, 3.05) is 12.3 Å². The van der Waals surface area contributed by atoms with Crippen LogP contribution in [0.1, 0.15) is 65.4 Å². The lowest BCUT2D eigenvalue weighted by molar-refractivity contribution is 0.357. The molecule has 5 nitrogen and oxygen atoms in total. The normalized spacial score (nSPS) is 12.3. The highest BCUT2D eigenvalue weighted by Gasteiger charge is 2.11. The second-order valence-electron chi connectivity index (χ2n) is 9.02. The van der Waals surface area contributed by atoms with Crippen LogP contribution >= 0.6 is 0 Å². The van der Waals surface area contributed by atoms with Gasteiger partial charge in [0.1, 0.15) is 5.52 Å². The smallest absolute Gasteiger partial charge is 0.152 e. The summed E-state index contributed by atoms with van der Waals surface area (Å²) in [4.78, 5) is 4.62. The van der Waals surface area contributed by atoms with E-state index in [1.807, 2.05) is 4.68 Å². The fraction of sp³-hybridized carbons (Fsp3) is 0.565. The first-order chi connectivity index (χ1) is 13.4. The zero-order valence-corrected chi connectivity index (χ0v) is 17.9. The van der Waals surface area contributed by atoms with Crippen molar-refractivity contribution in [3.8, 4) is 0 Å². The Hall–Kier alpha value is -2.14. The highest BCUT2D eigenvalue weighted by Crippen LogP contribution is 2.28. The summed E-state index contributed by atoms with van der Waals surface area (Å²) in [6.45, 7) is 10.6. The van der Waals surface area contributed by atoms with Crippen LogP contribution in [0.2, 0.25) is 0 Å². The molecule has 5 heteroatoms. The van der Waals surface area contributed by atoms with E-state index >= 15 is 0 Å². The summed E-state index contributed by atoms with van der Waals surface area (Å²) >= 11 is 0. The van der Waals surface area contributed by atoms with Crippen molar-refractivity contribution >= 4 is 27.6 Å². The Morgan fingerprint density at radius 3 is 2.61 bits per heavy atom. The van der Waals surface area contributed by atoms with E-state index in [4.69, 9.17) is 5.73 Å². The van der Waals surface area contributed by atoms with E-state index in [-0.39, 0.29) is 0 Å². The van der Waals surface area contributed by atoms with Crippen LogP contribution in [-0.4, -0.2) is 21.3 Å². The molecule has 0 spiro atoms. The number of nitrogens with two attached hydrogens (primary N) is 1. The van der Waals surface area contributed by atoms with E-state index in [2.05, 4.69) is 67.5 Å². The van der Waals surface area contributed by atoms with Crippen molar-refractivity contribution in [1.82, 2.24) is 20.1 Å². The van der Waals surface area contributed by atoms with Crippen LogP contribution in [0.4, 0.5) is 5.82 Å². The van der Waals surface area contributed by atoms with Crippen LogP contribution in [0.3, 0.4) is 0 Å². The third-order valence-corrected chi connectivity index (χ3v) is 5.26. The molecule has 0 amide bonds. The number of unbranched alkanes of at least 4 members (excludes halogenated alkanes) is 3. The molecule has 0 atom stereocenters. The fourth-order valence-corrected chi connectivity index (χ4v) is 3.69. The Morgan fingerprint density at radius 2 is 1.86 bits per heavy atom. The summed E-state index contributed by atoms with van der Waals surface area (Å²) in [7, 11) is 0. The van der Waals surface area contributed by atoms with E-state index in [1.165, 1.54) is 37.7 Å². The van der Waals surface area contributed by atoms with Crippen LogP contribution in [0.25, 0.3) is 21.8 Å². The van der Waals surface area contributed by atoms with E-state index in [0.29, 0.717) is 17.9 Å². The average Bonchev–Trinajstić information content (AvgIpc) is 3.07. The molecule has 2 heterocycles. The summed E-state index contributed by atoms with van der Waals surface area (Å²) in [5.74, 6) is 0.511. The minimum atomic E-state index is 0.454. The van der Waals surface area contributed by atoms with Gasteiger partial charge in [-0.2, -0.15) is 5.10 Å². The Kier molecular flexibility index (Phi) is 6.55. The van der Waals surface area contributed by atoms with Gasteiger partial charge in [0, 0.05) is 17.0 Å². The van der Waals surface area contributed by atoms with Gasteiger partial charge in [-0.3, -0.25) is 10.00 Å². The summed E-state index contributed by atoms with van der Waals surface area (Å²) in [5, 5.41) is 10.1. The zero-order valence-electron chi connectivity index (χ0n) is 17.9. The Bertz CT molecular complexity index is 920. The number of hydrogen-bond acceptors (Lipinski definition) is 4. The zero-order chi connectivity index (χ0) is 20.1. The van der Waals surface area contributed by atoms with Crippen LogP contribution < -0.4 is 11.1 Å². The van der Waals surface area contributed by atoms with Crippen molar-refractivity contribution < 1.29 is 0 Å². The van der Waals surface area contributed by atoms with Gasteiger partial charge in [-0.1, -0.05) is 59.1 Å². The lowest BCUT2D eigenvalue weighted by atomic mass is 9.89. The number of nitrogen functional groups attached to an aromatic ring is 1. The van der Waals surface area contributed by atoms with Gasteiger partial charge in [-0.15, -0.1) is 0 Å².